The molecule has 0 spiro atoms. The summed E-state index contributed by atoms with van der Waals surface area (Å²) < 4.78 is 6.21. The van der Waals surface area contributed by atoms with Crippen molar-refractivity contribution in [2.75, 3.05) is 6.61 Å². The predicted octanol–water partition coefficient (Wildman–Crippen LogP) is 5.97. The van der Waals surface area contributed by atoms with Gasteiger partial charge in [-0.25, -0.2) is 0 Å². The second-order valence-corrected chi connectivity index (χ2v) is 11.9. The third-order valence-corrected chi connectivity index (χ3v) is 9.49. The normalized spacial score (nSPS) is 44.5. The molecule has 7 atom stereocenters. The lowest BCUT2D eigenvalue weighted by atomic mass is 9.59. The van der Waals surface area contributed by atoms with Crippen molar-refractivity contribution in [3.63, 3.8) is 0 Å². The summed E-state index contributed by atoms with van der Waals surface area (Å²) >= 11 is 0. The maximum absolute atomic E-state index is 10.2. The zero-order chi connectivity index (χ0) is 22.4. The Morgan fingerprint density at radius 3 is 2.58 bits per heavy atom. The van der Waals surface area contributed by atoms with E-state index in [-0.39, 0.29) is 5.60 Å². The van der Waals surface area contributed by atoms with Gasteiger partial charge in [0.15, 0.2) is 0 Å². The molecule has 0 aromatic carbocycles. The smallest absolute Gasteiger partial charge is 0.0811 e. The van der Waals surface area contributed by atoms with Gasteiger partial charge in [0.2, 0.25) is 0 Å². The molecule has 0 unspecified atom stereocenters. The van der Waals surface area contributed by atoms with Crippen molar-refractivity contribution >= 4 is 0 Å². The van der Waals surface area contributed by atoms with Gasteiger partial charge in [-0.3, -0.25) is 0 Å². The average molecular weight is 429 g/mol. The monoisotopic (exact) mass is 428 g/mol. The van der Waals surface area contributed by atoms with E-state index in [1.807, 2.05) is 0 Å². The number of aliphatic hydroxyl groups excluding tert-OH is 2. The second kappa shape index (κ2) is 8.80. The van der Waals surface area contributed by atoms with Crippen molar-refractivity contribution in [1.82, 2.24) is 0 Å². The largest absolute Gasteiger partial charge is 0.393 e. The zero-order valence-electron chi connectivity index (χ0n) is 20.2. The number of aliphatic hydroxyl groups is 2. The fourth-order valence-corrected chi connectivity index (χ4v) is 7.37. The molecule has 1 aliphatic heterocycles. The van der Waals surface area contributed by atoms with Crippen molar-refractivity contribution in [1.29, 1.82) is 0 Å². The van der Waals surface area contributed by atoms with Crippen molar-refractivity contribution in [2.24, 2.45) is 29.1 Å². The molecule has 0 amide bonds. The second-order valence-electron chi connectivity index (χ2n) is 11.9. The van der Waals surface area contributed by atoms with Crippen LogP contribution < -0.4 is 0 Å². The van der Waals surface area contributed by atoms with E-state index in [0.29, 0.717) is 36.0 Å². The summed E-state index contributed by atoms with van der Waals surface area (Å²) in [5, 5.41) is 20.2. The fourth-order valence-electron chi connectivity index (χ4n) is 7.37. The van der Waals surface area contributed by atoms with Gasteiger partial charge in [-0.2, -0.15) is 0 Å². The highest BCUT2D eigenvalue weighted by molar-refractivity contribution is 5.38. The fraction of sp³-hybridized carbons (Fsp3) is 0.786. The van der Waals surface area contributed by atoms with E-state index in [0.717, 1.165) is 23.7 Å². The molecule has 0 aromatic rings. The van der Waals surface area contributed by atoms with Gasteiger partial charge in [0.1, 0.15) is 0 Å². The quantitative estimate of drug-likeness (QED) is 0.582. The van der Waals surface area contributed by atoms with Crippen LogP contribution in [0.5, 0.6) is 0 Å². The summed E-state index contributed by atoms with van der Waals surface area (Å²) in [5.41, 5.74) is 3.84. The summed E-state index contributed by atoms with van der Waals surface area (Å²) in [5.74, 6) is 2.85. The number of fused-ring (bicyclic) bond motifs is 1. The molecule has 3 saturated carbocycles. The van der Waals surface area contributed by atoms with E-state index >= 15 is 0 Å². The molecule has 2 N–H and O–H groups in total. The maximum Gasteiger partial charge on any atom is 0.0811 e. The minimum absolute atomic E-state index is 0.0524. The van der Waals surface area contributed by atoms with Crippen LogP contribution in [0.25, 0.3) is 0 Å². The molecule has 0 radical (unpaired) electrons. The predicted molar refractivity (Wildman–Crippen MR) is 127 cm³/mol. The Kier molecular flexibility index (Phi) is 6.60. The van der Waals surface area contributed by atoms with E-state index in [1.54, 1.807) is 5.57 Å². The van der Waals surface area contributed by atoms with Gasteiger partial charge in [0.25, 0.3) is 0 Å². The molecule has 174 valence electrons. The Hall–Kier alpha value is -0.900. The summed E-state index contributed by atoms with van der Waals surface area (Å²) in [7, 11) is 0. The SMILES string of the molecule is C=C1/C(=C\C=C2/CCC[C@]3(C)[C@@H]([C@@H](C)[C@@H]4CCC(C)(C)OC4)CC[C@@H]23)C[C@@H](O)C[C@@H]1O. The lowest BCUT2D eigenvalue weighted by Crippen LogP contribution is -2.42. The Morgan fingerprint density at radius 1 is 1.10 bits per heavy atom. The number of rotatable bonds is 3. The first kappa shape index (κ1) is 23.3. The van der Waals surface area contributed by atoms with Crippen LogP contribution in [0.4, 0.5) is 0 Å². The molecule has 3 heteroatoms. The Balaban J connectivity index is 1.49. The van der Waals surface area contributed by atoms with Crippen molar-refractivity contribution < 1.29 is 14.9 Å². The van der Waals surface area contributed by atoms with Gasteiger partial charge < -0.3 is 14.9 Å². The van der Waals surface area contributed by atoms with Crippen molar-refractivity contribution in [3.05, 3.63) is 35.5 Å². The summed E-state index contributed by atoms with van der Waals surface area (Å²) in [6, 6.07) is 0. The molecule has 4 rings (SSSR count). The topological polar surface area (TPSA) is 49.7 Å². The van der Waals surface area contributed by atoms with E-state index in [1.165, 1.54) is 44.9 Å². The third-order valence-electron chi connectivity index (χ3n) is 9.49. The number of allylic oxidation sites excluding steroid dienone is 3. The number of ether oxygens (including phenoxy) is 1. The highest BCUT2D eigenvalue weighted by atomic mass is 16.5. The average Bonchev–Trinajstić information content (AvgIpc) is 3.06. The van der Waals surface area contributed by atoms with Crippen LogP contribution in [-0.2, 0) is 4.74 Å². The molecule has 3 aliphatic carbocycles. The van der Waals surface area contributed by atoms with Crippen molar-refractivity contribution in [3.8, 4) is 0 Å². The minimum atomic E-state index is -0.607. The van der Waals surface area contributed by atoms with Gasteiger partial charge in [-0.15, -0.1) is 0 Å². The van der Waals surface area contributed by atoms with Crippen LogP contribution in [0, 0.1) is 29.1 Å². The summed E-state index contributed by atoms with van der Waals surface area (Å²) in [6.45, 7) is 14.5. The number of hydrogen-bond donors (Lipinski definition) is 2. The molecule has 0 aromatic heterocycles. The van der Waals surface area contributed by atoms with Gasteiger partial charge in [0, 0.05) is 6.42 Å². The number of hydrogen-bond acceptors (Lipinski definition) is 3. The lowest BCUT2D eigenvalue weighted by molar-refractivity contribution is -0.0974. The maximum atomic E-state index is 10.2. The molecule has 1 saturated heterocycles. The molecular formula is C28H44O3. The molecular weight excluding hydrogens is 384 g/mol. The van der Waals surface area contributed by atoms with Crippen LogP contribution in [-0.4, -0.2) is 34.6 Å². The highest BCUT2D eigenvalue weighted by Crippen LogP contribution is 2.60. The lowest BCUT2D eigenvalue weighted by Gasteiger charge is -2.47. The molecule has 3 nitrogen and oxygen atoms in total. The summed E-state index contributed by atoms with van der Waals surface area (Å²) in [4.78, 5) is 0. The van der Waals surface area contributed by atoms with Gasteiger partial charge in [-0.05, 0) is 105 Å². The summed E-state index contributed by atoms with van der Waals surface area (Å²) in [6.07, 6.45) is 13.3. The van der Waals surface area contributed by atoms with E-state index < -0.39 is 12.2 Å². The molecule has 4 fully saturated rings. The van der Waals surface area contributed by atoms with Crippen LogP contribution in [0.1, 0.15) is 85.5 Å². The minimum Gasteiger partial charge on any atom is -0.393 e. The van der Waals surface area contributed by atoms with Gasteiger partial charge >= 0.3 is 0 Å². The van der Waals surface area contributed by atoms with Crippen LogP contribution >= 0.6 is 0 Å². The molecule has 4 aliphatic rings. The Labute approximate surface area is 189 Å². The molecule has 31 heavy (non-hydrogen) atoms. The van der Waals surface area contributed by atoms with E-state index in [9.17, 15) is 10.2 Å². The van der Waals surface area contributed by atoms with Gasteiger partial charge in [-0.1, -0.05) is 38.2 Å². The standard InChI is InChI=1S/C28H44O3/c1-18(22-12-14-27(3,4)31-17-22)24-10-11-25-20(7-6-13-28(24,25)5)8-9-21-15-23(29)16-26(30)19(21)2/h8-9,18,22-26,29-30H,2,6-7,10-17H2,1,3-5H3/b20-8+,21-9-/t18-,22+,23+,24+,25-,26-,28+/m0/s1. The third kappa shape index (κ3) is 4.61. The van der Waals surface area contributed by atoms with E-state index in [2.05, 4.69) is 46.4 Å². The first-order chi connectivity index (χ1) is 14.6. The Bertz CT molecular complexity index is 737. The van der Waals surface area contributed by atoms with E-state index in [4.69, 9.17) is 4.74 Å². The van der Waals surface area contributed by atoms with Crippen LogP contribution in [0.3, 0.4) is 0 Å². The first-order valence-corrected chi connectivity index (χ1v) is 12.7. The zero-order valence-corrected chi connectivity index (χ0v) is 20.2. The van der Waals surface area contributed by atoms with Crippen LogP contribution in [0.2, 0.25) is 0 Å². The van der Waals surface area contributed by atoms with Gasteiger partial charge in [0.05, 0.1) is 24.4 Å². The van der Waals surface area contributed by atoms with Crippen LogP contribution in [0.15, 0.2) is 35.5 Å². The van der Waals surface area contributed by atoms with Crippen molar-refractivity contribution in [2.45, 2.75) is 103 Å². The molecule has 1 heterocycles. The molecule has 0 bridgehead atoms. The first-order valence-electron chi connectivity index (χ1n) is 12.7. The highest BCUT2D eigenvalue weighted by Gasteiger charge is 2.52. The Morgan fingerprint density at radius 2 is 1.87 bits per heavy atom.